The molecule has 0 aliphatic rings. The Bertz CT molecular complexity index is 1140. The van der Waals surface area contributed by atoms with Gasteiger partial charge in [-0.15, -0.1) is 0 Å². The molecule has 3 aromatic rings. The summed E-state index contributed by atoms with van der Waals surface area (Å²) in [5.74, 6) is -0.555. The second kappa shape index (κ2) is 6.39. The molecule has 0 unspecified atom stereocenters. The highest BCUT2D eigenvalue weighted by atomic mass is 32.2. The Morgan fingerprint density at radius 1 is 1.00 bits per heavy atom. The van der Waals surface area contributed by atoms with Crippen molar-refractivity contribution in [1.29, 1.82) is 0 Å². The number of oxazole rings is 1. The molecule has 142 valence electrons. The molecule has 0 aliphatic carbocycles. The zero-order chi connectivity index (χ0) is 20.0. The lowest BCUT2D eigenvalue weighted by Crippen LogP contribution is -2.14. The molecule has 0 saturated carbocycles. The first-order chi connectivity index (χ1) is 12.5. The number of aromatic nitrogens is 1. The summed E-state index contributed by atoms with van der Waals surface area (Å²) in [7, 11) is -3.89. The van der Waals surface area contributed by atoms with Crippen LogP contribution in [0, 0.1) is 6.92 Å². The number of alkyl halides is 3. The third kappa shape index (κ3) is 3.67. The van der Waals surface area contributed by atoms with Gasteiger partial charge in [-0.1, -0.05) is 12.1 Å². The smallest absolute Gasteiger partial charge is 0.412 e. The van der Waals surface area contributed by atoms with Gasteiger partial charge in [-0.25, -0.2) is 22.9 Å². The highest BCUT2D eigenvalue weighted by Gasteiger charge is 2.30. The summed E-state index contributed by atoms with van der Waals surface area (Å²) in [5.41, 5.74) is 0.0559. The molecule has 0 aliphatic heterocycles. The fraction of sp³-hybridized carbons (Fsp3) is 0.118. The topological polar surface area (TPSA) is 95.3 Å². The fourth-order valence-corrected chi connectivity index (χ4v) is 3.16. The van der Waals surface area contributed by atoms with Crippen LogP contribution in [0.15, 0.2) is 62.6 Å². The van der Waals surface area contributed by atoms with Crippen molar-refractivity contribution < 1.29 is 26.0 Å². The largest absolute Gasteiger partial charge is 0.424 e. The van der Waals surface area contributed by atoms with Crippen LogP contribution in [0.25, 0.3) is 16.9 Å². The van der Waals surface area contributed by atoms with Crippen LogP contribution in [0.3, 0.4) is 0 Å². The molecule has 1 aromatic heterocycles. The predicted octanol–water partition coefficient (Wildman–Crippen LogP) is 3.07. The van der Waals surface area contributed by atoms with Crippen molar-refractivity contribution in [2.45, 2.75) is 18.0 Å². The lowest BCUT2D eigenvalue weighted by molar-refractivity contribution is -0.137. The highest BCUT2D eigenvalue weighted by Crippen LogP contribution is 2.31. The SMILES string of the molecule is Cc1oc(=O)n(-c2ccc(C(F)(F)F)cc2)c1-c1ccc(S(N)(=O)=O)cc1. The van der Waals surface area contributed by atoms with Gasteiger partial charge >= 0.3 is 11.9 Å². The van der Waals surface area contributed by atoms with Crippen molar-refractivity contribution in [3.05, 3.63) is 70.4 Å². The van der Waals surface area contributed by atoms with Crippen LogP contribution >= 0.6 is 0 Å². The summed E-state index contributed by atoms with van der Waals surface area (Å²) in [6, 6.07) is 9.41. The van der Waals surface area contributed by atoms with E-state index < -0.39 is 27.5 Å². The molecule has 2 aromatic carbocycles. The van der Waals surface area contributed by atoms with Gasteiger partial charge in [-0.2, -0.15) is 13.2 Å². The summed E-state index contributed by atoms with van der Waals surface area (Å²) >= 11 is 0. The van der Waals surface area contributed by atoms with Crippen LogP contribution in [0.5, 0.6) is 0 Å². The normalized spacial score (nSPS) is 12.3. The Morgan fingerprint density at radius 2 is 1.56 bits per heavy atom. The molecule has 0 radical (unpaired) electrons. The van der Waals surface area contributed by atoms with Gasteiger partial charge in [0.15, 0.2) is 0 Å². The first-order valence-electron chi connectivity index (χ1n) is 7.52. The monoisotopic (exact) mass is 398 g/mol. The number of sulfonamides is 1. The first kappa shape index (κ1) is 18.9. The molecule has 3 rings (SSSR count). The number of nitrogens with zero attached hydrogens (tertiary/aromatic N) is 1. The van der Waals surface area contributed by atoms with E-state index in [1.807, 2.05) is 0 Å². The average molecular weight is 398 g/mol. The van der Waals surface area contributed by atoms with E-state index >= 15 is 0 Å². The van der Waals surface area contributed by atoms with Crippen molar-refractivity contribution in [3.63, 3.8) is 0 Å². The number of benzene rings is 2. The Hall–Kier alpha value is -2.85. The van der Waals surface area contributed by atoms with Crippen LogP contribution in [0.2, 0.25) is 0 Å². The van der Waals surface area contributed by atoms with Crippen LogP contribution in [-0.4, -0.2) is 13.0 Å². The summed E-state index contributed by atoms with van der Waals surface area (Å²) in [5, 5.41) is 5.06. The standard InChI is InChI=1S/C17H13F3N2O4S/c1-10-15(11-2-8-14(9-3-11)27(21,24)25)22(16(23)26-10)13-6-4-12(5-7-13)17(18,19)20/h2-9H,1H3,(H2,21,24,25). The molecule has 6 nitrogen and oxygen atoms in total. The number of hydrogen-bond donors (Lipinski definition) is 1. The molecule has 0 spiro atoms. The quantitative estimate of drug-likeness (QED) is 0.734. The second-order valence-corrected chi connectivity index (χ2v) is 7.28. The van der Waals surface area contributed by atoms with Gasteiger partial charge < -0.3 is 4.42 Å². The third-order valence-electron chi connectivity index (χ3n) is 3.89. The van der Waals surface area contributed by atoms with E-state index in [0.29, 0.717) is 11.3 Å². The Kier molecular flexibility index (Phi) is 4.48. The zero-order valence-corrected chi connectivity index (χ0v) is 14.6. The van der Waals surface area contributed by atoms with Crippen molar-refractivity contribution in [3.8, 4) is 16.9 Å². The molecule has 2 N–H and O–H groups in total. The summed E-state index contributed by atoms with van der Waals surface area (Å²) < 4.78 is 67.1. The molecule has 27 heavy (non-hydrogen) atoms. The fourth-order valence-electron chi connectivity index (χ4n) is 2.64. The van der Waals surface area contributed by atoms with Gasteiger partial charge in [-0.3, -0.25) is 0 Å². The maximum absolute atomic E-state index is 12.7. The molecular formula is C17H13F3N2O4S. The van der Waals surface area contributed by atoms with Crippen molar-refractivity contribution in [2.75, 3.05) is 0 Å². The third-order valence-corrected chi connectivity index (χ3v) is 4.82. The second-order valence-electron chi connectivity index (χ2n) is 5.72. The van der Waals surface area contributed by atoms with Crippen LogP contribution < -0.4 is 10.9 Å². The van der Waals surface area contributed by atoms with Crippen molar-refractivity contribution in [2.24, 2.45) is 5.14 Å². The minimum atomic E-state index is -4.50. The van der Waals surface area contributed by atoms with Crippen LogP contribution in [0.4, 0.5) is 13.2 Å². The van der Waals surface area contributed by atoms with Gasteiger partial charge in [0.1, 0.15) is 5.76 Å². The van der Waals surface area contributed by atoms with Gasteiger partial charge in [-0.05, 0) is 43.3 Å². The number of nitrogens with two attached hydrogens (primary N) is 1. The van der Waals surface area contributed by atoms with E-state index in [1.165, 1.54) is 31.2 Å². The zero-order valence-electron chi connectivity index (χ0n) is 13.8. The first-order valence-corrected chi connectivity index (χ1v) is 9.06. The Balaban J connectivity index is 2.13. The van der Waals surface area contributed by atoms with Gasteiger partial charge in [0, 0.05) is 5.56 Å². The molecule has 10 heteroatoms. The van der Waals surface area contributed by atoms with E-state index in [9.17, 15) is 26.4 Å². The van der Waals surface area contributed by atoms with Crippen LogP contribution in [-0.2, 0) is 16.2 Å². The van der Waals surface area contributed by atoms with E-state index in [2.05, 4.69) is 0 Å². The molecule has 0 amide bonds. The molecule has 0 atom stereocenters. The highest BCUT2D eigenvalue weighted by molar-refractivity contribution is 7.89. The lowest BCUT2D eigenvalue weighted by atomic mass is 10.1. The number of aryl methyl sites for hydroxylation is 1. The predicted molar refractivity (Wildman–Crippen MR) is 90.9 cm³/mol. The van der Waals surface area contributed by atoms with Crippen molar-refractivity contribution in [1.82, 2.24) is 4.57 Å². The summed E-state index contributed by atoms with van der Waals surface area (Å²) in [4.78, 5) is 12.1. The maximum atomic E-state index is 12.7. The summed E-state index contributed by atoms with van der Waals surface area (Å²) in [6.07, 6.45) is -4.50. The maximum Gasteiger partial charge on any atom is 0.424 e. The van der Waals surface area contributed by atoms with Crippen molar-refractivity contribution >= 4 is 10.0 Å². The molecule has 0 saturated heterocycles. The van der Waals surface area contributed by atoms with Gasteiger partial charge in [0.2, 0.25) is 10.0 Å². The Labute approximate surface area is 151 Å². The van der Waals surface area contributed by atoms with Crippen LogP contribution in [0.1, 0.15) is 11.3 Å². The molecular weight excluding hydrogens is 385 g/mol. The van der Waals surface area contributed by atoms with E-state index in [1.54, 1.807) is 0 Å². The molecule has 1 heterocycles. The number of rotatable bonds is 3. The minimum Gasteiger partial charge on any atom is -0.412 e. The molecule has 0 fully saturated rings. The Morgan fingerprint density at radius 3 is 2.04 bits per heavy atom. The van der Waals surface area contributed by atoms with Gasteiger partial charge in [0.25, 0.3) is 0 Å². The molecule has 0 bridgehead atoms. The van der Waals surface area contributed by atoms with E-state index in [0.717, 1.165) is 28.8 Å². The number of primary sulfonamides is 1. The van der Waals surface area contributed by atoms with E-state index in [4.69, 9.17) is 9.56 Å². The average Bonchev–Trinajstić information content (AvgIpc) is 2.87. The van der Waals surface area contributed by atoms with E-state index in [-0.39, 0.29) is 16.3 Å². The number of halogens is 3. The lowest BCUT2D eigenvalue weighted by Gasteiger charge is -2.10. The minimum absolute atomic E-state index is 0.115. The number of hydrogen-bond acceptors (Lipinski definition) is 4. The van der Waals surface area contributed by atoms with Gasteiger partial charge in [0.05, 0.1) is 21.8 Å². The summed E-state index contributed by atoms with van der Waals surface area (Å²) in [6.45, 7) is 1.52.